The van der Waals surface area contributed by atoms with E-state index in [2.05, 4.69) is 56.4 Å². The summed E-state index contributed by atoms with van der Waals surface area (Å²) in [6.07, 6.45) is 7.09. The van der Waals surface area contributed by atoms with Crippen molar-refractivity contribution in [2.45, 2.75) is 51.1 Å². The molecule has 1 spiro atoms. The SMILES string of the molecule is COc1cccnc1-c1nc(C(N)=O)c(Nc2ccc(N3CCC(N4CCN(C)CC4)CC3)c(C)c2)nc1NC1CCOCC12CC2. The second-order valence-electron chi connectivity index (χ2n) is 13.6. The Hall–Kier alpha value is -4.00. The molecular formula is C35H47N9O3. The summed E-state index contributed by atoms with van der Waals surface area (Å²) in [5, 5.41) is 7.06. The molecule has 4 N–H and O–H groups in total. The number of amides is 1. The van der Waals surface area contributed by atoms with Crippen molar-refractivity contribution in [3.63, 3.8) is 0 Å². The number of pyridine rings is 1. The number of nitrogens with zero attached hydrogens (tertiary/aromatic N) is 6. The van der Waals surface area contributed by atoms with E-state index >= 15 is 0 Å². The molecule has 1 saturated carbocycles. The minimum absolute atomic E-state index is 0.0408. The number of piperazine rings is 1. The molecule has 2 aromatic heterocycles. The Morgan fingerprint density at radius 3 is 2.51 bits per heavy atom. The predicted molar refractivity (Wildman–Crippen MR) is 184 cm³/mol. The van der Waals surface area contributed by atoms with E-state index in [0.717, 1.165) is 63.3 Å². The smallest absolute Gasteiger partial charge is 0.271 e. The highest BCUT2D eigenvalue weighted by Crippen LogP contribution is 2.53. The van der Waals surface area contributed by atoms with Gasteiger partial charge in [-0.1, -0.05) is 0 Å². The highest BCUT2D eigenvalue weighted by molar-refractivity contribution is 5.97. The van der Waals surface area contributed by atoms with Gasteiger partial charge in [0.05, 0.1) is 13.7 Å². The molecule has 4 fully saturated rings. The van der Waals surface area contributed by atoms with Crippen LogP contribution in [-0.2, 0) is 4.74 Å². The Balaban J connectivity index is 1.14. The molecule has 0 bridgehead atoms. The van der Waals surface area contributed by atoms with Gasteiger partial charge in [0.2, 0.25) is 0 Å². The van der Waals surface area contributed by atoms with E-state index in [4.69, 9.17) is 25.2 Å². The first-order valence-electron chi connectivity index (χ1n) is 16.9. The van der Waals surface area contributed by atoms with Crippen molar-refractivity contribution in [2.24, 2.45) is 11.1 Å². The lowest BCUT2D eigenvalue weighted by Gasteiger charge is -2.43. The van der Waals surface area contributed by atoms with Crippen LogP contribution in [0.4, 0.5) is 23.0 Å². The van der Waals surface area contributed by atoms with Crippen LogP contribution in [-0.4, -0.2) is 109 Å². The van der Waals surface area contributed by atoms with E-state index in [-0.39, 0.29) is 17.2 Å². The van der Waals surface area contributed by atoms with Gasteiger partial charge < -0.3 is 35.6 Å². The van der Waals surface area contributed by atoms with E-state index in [9.17, 15) is 4.79 Å². The summed E-state index contributed by atoms with van der Waals surface area (Å²) < 4.78 is 11.5. The average Bonchev–Trinajstić information content (AvgIpc) is 3.86. The molecule has 3 aromatic rings. The van der Waals surface area contributed by atoms with Crippen LogP contribution in [0.25, 0.3) is 11.4 Å². The zero-order chi connectivity index (χ0) is 32.5. The van der Waals surface area contributed by atoms with Gasteiger partial charge in [0.1, 0.15) is 17.1 Å². The van der Waals surface area contributed by atoms with E-state index in [1.807, 2.05) is 12.1 Å². The molecule has 1 aromatic carbocycles. The van der Waals surface area contributed by atoms with Gasteiger partial charge in [0, 0.05) is 80.9 Å². The zero-order valence-electron chi connectivity index (χ0n) is 27.8. The van der Waals surface area contributed by atoms with Gasteiger partial charge in [-0.05, 0) is 82.0 Å². The van der Waals surface area contributed by atoms with Crippen LogP contribution >= 0.6 is 0 Å². The summed E-state index contributed by atoms with van der Waals surface area (Å²) in [5.74, 6) is 0.691. The number of carbonyl (C=O) groups excluding carboxylic acids is 1. The van der Waals surface area contributed by atoms with Crippen LogP contribution in [0.15, 0.2) is 36.5 Å². The van der Waals surface area contributed by atoms with Crippen molar-refractivity contribution >= 4 is 28.9 Å². The maximum Gasteiger partial charge on any atom is 0.271 e. The number of piperidine rings is 1. The number of nitrogens with one attached hydrogen (secondary N) is 2. The minimum Gasteiger partial charge on any atom is -0.494 e. The number of nitrogens with two attached hydrogens (primary N) is 1. The van der Waals surface area contributed by atoms with Gasteiger partial charge in [0.25, 0.3) is 5.91 Å². The second-order valence-corrected chi connectivity index (χ2v) is 13.6. The summed E-state index contributed by atoms with van der Waals surface area (Å²) in [7, 11) is 3.80. The molecule has 250 valence electrons. The Labute approximate surface area is 277 Å². The predicted octanol–water partition coefficient (Wildman–Crippen LogP) is 3.90. The number of rotatable bonds is 9. The molecule has 0 radical (unpaired) electrons. The maximum atomic E-state index is 12.8. The number of hydrogen-bond donors (Lipinski definition) is 3. The summed E-state index contributed by atoms with van der Waals surface area (Å²) in [5.41, 5.74) is 10.2. The first-order valence-corrected chi connectivity index (χ1v) is 16.9. The van der Waals surface area contributed by atoms with Crippen molar-refractivity contribution in [3.8, 4) is 17.1 Å². The van der Waals surface area contributed by atoms with Crippen LogP contribution in [0.3, 0.4) is 0 Å². The number of benzene rings is 1. The molecule has 5 heterocycles. The number of methoxy groups -OCH3 is 1. The van der Waals surface area contributed by atoms with E-state index in [0.29, 0.717) is 41.4 Å². The molecule has 1 amide bonds. The molecule has 7 rings (SSSR count). The number of carbonyl (C=O) groups is 1. The van der Waals surface area contributed by atoms with Crippen molar-refractivity contribution in [1.29, 1.82) is 0 Å². The molecule has 1 unspecified atom stereocenters. The third kappa shape index (κ3) is 6.59. The highest BCUT2D eigenvalue weighted by Gasteiger charge is 2.51. The summed E-state index contributed by atoms with van der Waals surface area (Å²) in [6, 6.07) is 10.8. The number of ether oxygens (including phenoxy) is 2. The monoisotopic (exact) mass is 641 g/mol. The fourth-order valence-electron chi connectivity index (χ4n) is 7.50. The minimum atomic E-state index is -0.677. The van der Waals surface area contributed by atoms with Gasteiger partial charge >= 0.3 is 0 Å². The Bertz CT molecular complexity index is 1600. The first kappa shape index (κ1) is 31.6. The number of aromatic nitrogens is 3. The lowest BCUT2D eigenvalue weighted by atomic mass is 9.92. The fraction of sp³-hybridized carbons (Fsp3) is 0.543. The van der Waals surface area contributed by atoms with Crippen molar-refractivity contribution in [2.75, 3.05) is 82.2 Å². The van der Waals surface area contributed by atoms with Gasteiger partial charge in [0.15, 0.2) is 17.3 Å². The van der Waals surface area contributed by atoms with Gasteiger partial charge in [-0.3, -0.25) is 14.7 Å². The molecule has 3 saturated heterocycles. The number of anilines is 4. The number of hydrogen-bond acceptors (Lipinski definition) is 11. The number of primary amides is 1. The molecule has 4 aliphatic rings. The van der Waals surface area contributed by atoms with Gasteiger partial charge in [-0.2, -0.15) is 0 Å². The summed E-state index contributed by atoms with van der Waals surface area (Å²) in [4.78, 5) is 34.8. The van der Waals surface area contributed by atoms with Gasteiger partial charge in [-0.25, -0.2) is 9.97 Å². The number of likely N-dealkylation sites (N-methyl/N-ethyl adjacent to an activating group) is 1. The topological polar surface area (TPSA) is 134 Å². The Morgan fingerprint density at radius 2 is 1.81 bits per heavy atom. The van der Waals surface area contributed by atoms with E-state index < -0.39 is 5.91 Å². The lowest BCUT2D eigenvalue weighted by molar-refractivity contribution is 0.0351. The van der Waals surface area contributed by atoms with Crippen LogP contribution in [0, 0.1) is 12.3 Å². The van der Waals surface area contributed by atoms with E-state index in [1.165, 1.54) is 31.6 Å². The van der Waals surface area contributed by atoms with E-state index in [1.54, 1.807) is 19.4 Å². The quantitative estimate of drug-likeness (QED) is 0.314. The average molecular weight is 642 g/mol. The maximum absolute atomic E-state index is 12.8. The number of aryl methyl sites for hydroxylation is 1. The van der Waals surface area contributed by atoms with Crippen molar-refractivity contribution < 1.29 is 14.3 Å². The second kappa shape index (κ2) is 13.2. The lowest BCUT2D eigenvalue weighted by Crippen LogP contribution is -2.52. The Kier molecular flexibility index (Phi) is 8.91. The molecule has 3 aliphatic heterocycles. The zero-order valence-corrected chi connectivity index (χ0v) is 27.8. The van der Waals surface area contributed by atoms with Crippen LogP contribution in [0.1, 0.15) is 48.2 Å². The molecule has 1 atom stereocenters. The van der Waals surface area contributed by atoms with Crippen molar-refractivity contribution in [3.05, 3.63) is 47.8 Å². The normalized spacial score (nSPS) is 21.9. The first-order chi connectivity index (χ1) is 22.8. The van der Waals surface area contributed by atoms with Crippen LogP contribution < -0.4 is 26.0 Å². The molecular weight excluding hydrogens is 594 g/mol. The standard InChI is InChI=1S/C35H47N9O3/c1-23-21-24(6-7-26(23)44-14-8-25(9-15-44)43-18-16-42(2)17-19-43)38-34-31(32(36)45)40-30(29-27(46-3)5-4-13-37-29)33(41-34)39-28-10-20-47-22-35(28)11-12-35/h4-7,13,21,25,28H,8-12,14-20,22H2,1-3H3,(H2,36,45)(H2,38,39,41). The third-order valence-corrected chi connectivity index (χ3v) is 10.5. The van der Waals surface area contributed by atoms with Crippen LogP contribution in [0.2, 0.25) is 0 Å². The largest absolute Gasteiger partial charge is 0.494 e. The molecule has 12 heteroatoms. The summed E-state index contributed by atoms with van der Waals surface area (Å²) >= 11 is 0. The Morgan fingerprint density at radius 1 is 1.02 bits per heavy atom. The van der Waals surface area contributed by atoms with Gasteiger partial charge in [-0.15, -0.1) is 0 Å². The molecule has 47 heavy (non-hydrogen) atoms. The summed E-state index contributed by atoms with van der Waals surface area (Å²) in [6.45, 7) is 10.3. The fourth-order valence-corrected chi connectivity index (χ4v) is 7.50. The van der Waals surface area contributed by atoms with Crippen LogP contribution in [0.5, 0.6) is 5.75 Å². The highest BCUT2D eigenvalue weighted by atomic mass is 16.5. The third-order valence-electron chi connectivity index (χ3n) is 10.5. The molecule has 1 aliphatic carbocycles. The molecule has 12 nitrogen and oxygen atoms in total. The van der Waals surface area contributed by atoms with Crippen molar-refractivity contribution in [1.82, 2.24) is 24.8 Å².